The van der Waals surface area contributed by atoms with E-state index in [4.69, 9.17) is 5.73 Å². The Balaban J connectivity index is 1.29. The predicted molar refractivity (Wildman–Crippen MR) is 204 cm³/mol. The van der Waals surface area contributed by atoms with E-state index in [2.05, 4.69) is 52.1 Å². The van der Waals surface area contributed by atoms with E-state index in [9.17, 15) is 25.2 Å². The molecule has 0 aromatic heterocycles. The molecule has 0 radical (unpaired) electrons. The van der Waals surface area contributed by atoms with E-state index in [0.29, 0.717) is 25.7 Å². The van der Waals surface area contributed by atoms with Gasteiger partial charge in [0.15, 0.2) is 6.67 Å². The molecule has 6 rings (SSSR count). The van der Waals surface area contributed by atoms with Crippen LogP contribution >= 0.6 is 0 Å². The lowest BCUT2D eigenvalue weighted by molar-refractivity contribution is -0.914. The lowest BCUT2D eigenvalue weighted by atomic mass is 9.61. The van der Waals surface area contributed by atoms with Crippen LogP contribution in [0.1, 0.15) is 128 Å². The van der Waals surface area contributed by atoms with Crippen molar-refractivity contribution >= 4 is 12.2 Å². The number of aliphatic hydroxyl groups excluding tert-OH is 2. The Morgan fingerprint density at radius 1 is 1.08 bits per heavy atom. The molecule has 4 bridgehead atoms. The fraction of sp³-hybridized carbons (Fsp3) is 0.805. The lowest BCUT2D eigenvalue weighted by Gasteiger charge is -2.53. The van der Waals surface area contributed by atoms with Crippen LogP contribution in [-0.2, 0) is 16.6 Å². The summed E-state index contributed by atoms with van der Waals surface area (Å²) >= 11 is 0. The predicted octanol–water partition coefficient (Wildman–Crippen LogP) is 2.15. The fourth-order valence-corrected chi connectivity index (χ4v) is 10.8. The number of β-amino-alcohol motifs (C(OH)–C–C–N with tert-alkyl or cyclic N) is 1. The summed E-state index contributed by atoms with van der Waals surface area (Å²) in [5.41, 5.74) is 7.63. The molecule has 4 aliphatic heterocycles. The number of piperidine rings is 2. The standard InChI is InChI=1S/C41H68N6O5/c1-28-34(48)22-33(47-18-17-43-27-47)32(45-28)21-35(49)30-12-6-3-4-7-14-40(52,25-38(50)51)26-44-39(2)23-36(46-37(42)24-39)41(15-8-5-9-16-41)31-13-10-11-29(19-30)20-31/h10-11,13,17,20,28,30,32-37,44-46,48-49,52H,3-9,12,14-16,18-19,21-27,42H2,1-2H3,(H,50,51)/p+1/t28-,30-,32+,33-,34+,35-,36+,37+,39+,40+/m0/s1. The summed E-state index contributed by atoms with van der Waals surface area (Å²) in [6.07, 6.45) is 14.8. The van der Waals surface area contributed by atoms with E-state index >= 15 is 0 Å². The number of benzene rings is 1. The van der Waals surface area contributed by atoms with Gasteiger partial charge in [0, 0.05) is 36.0 Å². The first-order chi connectivity index (χ1) is 24.9. The number of aliphatic hydroxyl groups is 3. The third-order valence-corrected chi connectivity index (χ3v) is 13.8. The zero-order chi connectivity index (χ0) is 36.9. The quantitative estimate of drug-likeness (QED) is 0.213. The molecular weight excluding hydrogens is 656 g/mol. The van der Waals surface area contributed by atoms with Crippen LogP contribution in [0.4, 0.5) is 0 Å². The number of aliphatic imine (C=N–C) groups is 1. The molecule has 1 aromatic rings. The number of hydrogen-bond donors (Lipinski definition) is 9. The normalized spacial score (nSPS) is 39.7. The minimum atomic E-state index is -1.34. The van der Waals surface area contributed by atoms with Crippen LogP contribution in [0.25, 0.3) is 0 Å². The molecule has 1 aromatic carbocycles. The average molecular weight is 726 g/mol. The molecule has 11 atom stereocenters. The van der Waals surface area contributed by atoms with Crippen molar-refractivity contribution in [3.8, 4) is 0 Å². The Labute approximate surface area is 311 Å². The number of hydrogen-bond acceptors (Lipinski definition) is 9. The maximum Gasteiger partial charge on any atom is 0.306 e. The smallest absolute Gasteiger partial charge is 0.306 e. The number of nitrogens with one attached hydrogen (secondary N) is 4. The van der Waals surface area contributed by atoms with Crippen molar-refractivity contribution in [1.82, 2.24) is 16.0 Å². The number of carboxylic acids is 1. The highest BCUT2D eigenvalue weighted by Crippen LogP contribution is 2.46. The molecule has 4 heterocycles. The minimum Gasteiger partial charge on any atom is -0.481 e. The zero-order valence-electron chi connectivity index (χ0n) is 31.9. The van der Waals surface area contributed by atoms with Gasteiger partial charge in [-0.15, -0.1) is 0 Å². The molecule has 1 unspecified atom stereocenters. The highest BCUT2D eigenvalue weighted by atomic mass is 16.4. The van der Waals surface area contributed by atoms with Crippen LogP contribution in [0.5, 0.6) is 0 Å². The van der Waals surface area contributed by atoms with Crippen LogP contribution in [0, 0.1) is 5.92 Å². The monoisotopic (exact) mass is 726 g/mol. The number of fused-ring (bicyclic) bond motifs is 6. The Hall–Kier alpha value is -1.96. The second-order valence-corrected chi connectivity index (χ2v) is 17.9. The average Bonchev–Trinajstić information content (AvgIpc) is 3.64. The maximum absolute atomic E-state index is 12.1. The summed E-state index contributed by atoms with van der Waals surface area (Å²) in [5.74, 6) is -0.907. The van der Waals surface area contributed by atoms with E-state index in [1.54, 1.807) is 0 Å². The highest BCUT2D eigenvalue weighted by molar-refractivity contribution is 5.68. The second kappa shape index (κ2) is 17.2. The molecule has 10 N–H and O–H groups in total. The molecule has 2 saturated heterocycles. The van der Waals surface area contributed by atoms with Gasteiger partial charge in [0.25, 0.3) is 0 Å². The number of aliphatic carboxylic acids is 1. The van der Waals surface area contributed by atoms with Gasteiger partial charge in [-0.1, -0.05) is 69.2 Å². The van der Waals surface area contributed by atoms with Crippen molar-refractivity contribution in [1.29, 1.82) is 0 Å². The first-order valence-electron chi connectivity index (χ1n) is 20.6. The van der Waals surface area contributed by atoms with Crippen molar-refractivity contribution in [2.45, 2.75) is 182 Å². The molecule has 1 saturated carbocycles. The molecule has 1 aliphatic carbocycles. The van der Waals surface area contributed by atoms with Crippen LogP contribution in [0.3, 0.4) is 0 Å². The van der Waals surface area contributed by atoms with Gasteiger partial charge in [-0.2, -0.15) is 0 Å². The van der Waals surface area contributed by atoms with Crippen LogP contribution in [0.15, 0.2) is 29.3 Å². The van der Waals surface area contributed by atoms with E-state index in [-0.39, 0.29) is 60.2 Å². The van der Waals surface area contributed by atoms with E-state index in [1.807, 2.05) is 13.1 Å². The van der Waals surface area contributed by atoms with Gasteiger partial charge < -0.3 is 41.7 Å². The van der Waals surface area contributed by atoms with Crippen LogP contribution in [0.2, 0.25) is 0 Å². The lowest BCUT2D eigenvalue weighted by Crippen LogP contribution is -3.16. The van der Waals surface area contributed by atoms with Gasteiger partial charge in [0.05, 0.1) is 42.7 Å². The molecule has 11 heteroatoms. The van der Waals surface area contributed by atoms with Gasteiger partial charge in [-0.05, 0) is 82.3 Å². The van der Waals surface area contributed by atoms with Crippen molar-refractivity contribution in [3.05, 3.63) is 35.4 Å². The maximum atomic E-state index is 12.1. The molecule has 11 nitrogen and oxygen atoms in total. The zero-order valence-corrected chi connectivity index (χ0v) is 31.9. The van der Waals surface area contributed by atoms with Crippen molar-refractivity contribution in [3.63, 3.8) is 0 Å². The Kier molecular flexibility index (Phi) is 13.2. The number of rotatable bonds is 6. The molecule has 5 aliphatic rings. The third-order valence-electron chi connectivity index (χ3n) is 13.8. The minimum absolute atomic E-state index is 0.0247. The van der Waals surface area contributed by atoms with Gasteiger partial charge in [-0.3, -0.25) is 10.1 Å². The van der Waals surface area contributed by atoms with Crippen molar-refractivity contribution in [2.24, 2.45) is 16.6 Å². The van der Waals surface area contributed by atoms with Crippen molar-refractivity contribution < 1.29 is 30.1 Å². The number of carboxylic acid groups (broad SMARTS) is 1. The summed E-state index contributed by atoms with van der Waals surface area (Å²) in [6.45, 7) is 6.04. The van der Waals surface area contributed by atoms with E-state index in [0.717, 1.165) is 83.8 Å². The topological polar surface area (TPSA) is 177 Å². The Morgan fingerprint density at radius 3 is 2.58 bits per heavy atom. The molecule has 52 heavy (non-hydrogen) atoms. The summed E-state index contributed by atoms with van der Waals surface area (Å²) < 4.78 is 0. The molecule has 292 valence electrons. The number of nitrogens with two attached hydrogens (primary N) is 1. The first-order valence-corrected chi connectivity index (χ1v) is 20.6. The van der Waals surface area contributed by atoms with Crippen molar-refractivity contribution in [2.75, 3.05) is 19.8 Å². The Morgan fingerprint density at radius 2 is 1.83 bits per heavy atom. The molecule has 0 amide bonds. The molecular formula is C41H69N6O5+. The number of carbonyl (C=O) groups is 1. The SMILES string of the molecule is C[C@@H]1N[C@H](C[C@H](O)[C@H]2CCCCCC[C@@](O)(CC(=O)O)CN[C@@]3(C)C[C@H](N)N[C@H](C3)C3(CCCCC3)c3cccc(c3)C2)[C@@H]([NH+]2CC=NC2)C[C@H]1O. The second-order valence-electron chi connectivity index (χ2n) is 17.9. The number of quaternary nitrogens is 1. The molecule has 3 fully saturated rings. The number of nitrogens with zero attached hydrogens (tertiary/aromatic N) is 1. The fourth-order valence-electron chi connectivity index (χ4n) is 10.8. The highest BCUT2D eigenvalue weighted by Gasteiger charge is 2.48. The first kappa shape index (κ1) is 39.7. The third kappa shape index (κ3) is 9.63. The van der Waals surface area contributed by atoms with Gasteiger partial charge >= 0.3 is 5.97 Å². The van der Waals surface area contributed by atoms with Gasteiger partial charge in [0.2, 0.25) is 0 Å². The van der Waals surface area contributed by atoms with E-state index in [1.165, 1.54) is 22.4 Å². The van der Waals surface area contributed by atoms with E-state index < -0.39 is 23.8 Å². The molecule has 1 spiro atoms. The summed E-state index contributed by atoms with van der Waals surface area (Å²) in [4.78, 5) is 17.8. The van der Waals surface area contributed by atoms with Crippen LogP contribution < -0.4 is 26.6 Å². The van der Waals surface area contributed by atoms with Crippen LogP contribution in [-0.4, -0.2) is 106 Å². The summed E-state index contributed by atoms with van der Waals surface area (Å²) in [7, 11) is 0. The Bertz CT molecular complexity index is 1350. The largest absolute Gasteiger partial charge is 0.481 e. The summed E-state index contributed by atoms with van der Waals surface area (Å²) in [5, 5.41) is 55.6. The van der Waals surface area contributed by atoms with Gasteiger partial charge in [0.1, 0.15) is 12.6 Å². The van der Waals surface area contributed by atoms with Gasteiger partial charge in [-0.25, -0.2) is 4.99 Å². The summed E-state index contributed by atoms with van der Waals surface area (Å²) in [6, 6.07) is 9.58.